The maximum atomic E-state index is 11.0. The van der Waals surface area contributed by atoms with Crippen LogP contribution >= 0.6 is 0 Å². The van der Waals surface area contributed by atoms with E-state index in [9.17, 15) is 10.1 Å². The average molecular weight is 281 g/mol. The van der Waals surface area contributed by atoms with Crippen molar-refractivity contribution in [1.82, 2.24) is 9.97 Å². The summed E-state index contributed by atoms with van der Waals surface area (Å²) >= 11 is 0. The summed E-state index contributed by atoms with van der Waals surface area (Å²) in [4.78, 5) is 18.6. The topological polar surface area (TPSA) is 102 Å². The van der Waals surface area contributed by atoms with Crippen LogP contribution in [-0.4, -0.2) is 40.7 Å². The summed E-state index contributed by atoms with van der Waals surface area (Å²) in [6.45, 7) is 5.92. The van der Waals surface area contributed by atoms with E-state index in [4.69, 9.17) is 4.74 Å². The highest BCUT2D eigenvalue weighted by molar-refractivity contribution is 5.56. The quantitative estimate of drug-likeness (QED) is 0.603. The van der Waals surface area contributed by atoms with E-state index in [0.717, 1.165) is 13.0 Å². The number of nitrogens with zero attached hydrogens (tertiary/aromatic N) is 3. The minimum absolute atomic E-state index is 0.113. The van der Waals surface area contributed by atoms with Crippen molar-refractivity contribution in [3.63, 3.8) is 0 Å². The monoisotopic (exact) mass is 281 g/mol. The molecule has 2 atom stereocenters. The lowest BCUT2D eigenvalue weighted by Crippen LogP contribution is -2.21. The molecule has 2 rings (SSSR count). The van der Waals surface area contributed by atoms with Crippen LogP contribution in [0.5, 0.6) is 0 Å². The lowest BCUT2D eigenvalue weighted by atomic mass is 10.0. The van der Waals surface area contributed by atoms with Crippen LogP contribution in [0.4, 0.5) is 17.5 Å². The molecule has 1 saturated heterocycles. The van der Waals surface area contributed by atoms with Gasteiger partial charge in [-0.15, -0.1) is 0 Å². The summed E-state index contributed by atoms with van der Waals surface area (Å²) in [6, 6.07) is 0. The standard InChI is InChI=1S/C12H19N5O3/c1-3-13-12-15-7-10(17(18)19)11(16-12)14-6-9-4-5-20-8(9)2/h7-9H,3-6H2,1-2H3,(H2,13,14,15,16). The minimum Gasteiger partial charge on any atom is -0.378 e. The molecule has 8 heteroatoms. The van der Waals surface area contributed by atoms with Gasteiger partial charge < -0.3 is 15.4 Å². The van der Waals surface area contributed by atoms with Crippen LogP contribution in [0, 0.1) is 16.0 Å². The Bertz CT molecular complexity index is 482. The number of hydrogen-bond donors (Lipinski definition) is 2. The molecule has 1 aromatic heterocycles. The van der Waals surface area contributed by atoms with Gasteiger partial charge in [-0.3, -0.25) is 10.1 Å². The predicted molar refractivity (Wildman–Crippen MR) is 74.9 cm³/mol. The van der Waals surface area contributed by atoms with Crippen molar-refractivity contribution in [3.8, 4) is 0 Å². The van der Waals surface area contributed by atoms with Gasteiger partial charge in [-0.25, -0.2) is 4.98 Å². The molecule has 0 spiro atoms. The van der Waals surface area contributed by atoms with E-state index in [0.29, 0.717) is 25.0 Å². The molecule has 1 aromatic rings. The fourth-order valence-electron chi connectivity index (χ4n) is 2.15. The van der Waals surface area contributed by atoms with Crippen LogP contribution < -0.4 is 10.6 Å². The predicted octanol–water partition coefficient (Wildman–Crippen LogP) is 1.65. The Labute approximate surface area is 117 Å². The second-order valence-electron chi connectivity index (χ2n) is 4.72. The smallest absolute Gasteiger partial charge is 0.329 e. The van der Waals surface area contributed by atoms with Crippen molar-refractivity contribution in [3.05, 3.63) is 16.3 Å². The number of anilines is 2. The molecule has 2 unspecified atom stereocenters. The third-order valence-corrected chi connectivity index (χ3v) is 3.37. The molecule has 2 heterocycles. The van der Waals surface area contributed by atoms with Crippen LogP contribution in [0.1, 0.15) is 20.3 Å². The van der Waals surface area contributed by atoms with Crippen LogP contribution in [-0.2, 0) is 4.74 Å². The highest BCUT2D eigenvalue weighted by atomic mass is 16.6. The summed E-state index contributed by atoms with van der Waals surface area (Å²) in [7, 11) is 0. The molecule has 0 amide bonds. The average Bonchev–Trinajstić information content (AvgIpc) is 2.82. The summed E-state index contributed by atoms with van der Waals surface area (Å²) in [5, 5.41) is 17.0. The molecule has 0 bridgehead atoms. The normalized spacial score (nSPS) is 21.7. The number of ether oxygens (including phenoxy) is 1. The van der Waals surface area contributed by atoms with E-state index in [2.05, 4.69) is 20.6 Å². The zero-order valence-corrected chi connectivity index (χ0v) is 11.6. The fourth-order valence-corrected chi connectivity index (χ4v) is 2.15. The number of hydrogen-bond acceptors (Lipinski definition) is 7. The number of nitro groups is 1. The second-order valence-corrected chi connectivity index (χ2v) is 4.72. The molecule has 8 nitrogen and oxygen atoms in total. The van der Waals surface area contributed by atoms with Gasteiger partial charge in [0.2, 0.25) is 11.8 Å². The van der Waals surface area contributed by atoms with Gasteiger partial charge in [-0.2, -0.15) is 4.98 Å². The molecule has 2 N–H and O–H groups in total. The van der Waals surface area contributed by atoms with Gasteiger partial charge in [-0.1, -0.05) is 0 Å². The highest BCUT2D eigenvalue weighted by Gasteiger charge is 2.25. The largest absolute Gasteiger partial charge is 0.378 e. The van der Waals surface area contributed by atoms with E-state index < -0.39 is 4.92 Å². The first-order valence-corrected chi connectivity index (χ1v) is 6.72. The van der Waals surface area contributed by atoms with Crippen molar-refractivity contribution in [1.29, 1.82) is 0 Å². The molecule has 0 aliphatic carbocycles. The molecule has 1 fully saturated rings. The third kappa shape index (κ3) is 3.32. The van der Waals surface area contributed by atoms with Gasteiger partial charge in [-0.05, 0) is 20.3 Å². The van der Waals surface area contributed by atoms with Gasteiger partial charge in [0.15, 0.2) is 0 Å². The van der Waals surface area contributed by atoms with Gasteiger partial charge in [0.1, 0.15) is 6.20 Å². The molecule has 20 heavy (non-hydrogen) atoms. The Balaban J connectivity index is 2.10. The van der Waals surface area contributed by atoms with Gasteiger partial charge in [0.25, 0.3) is 0 Å². The number of nitrogens with one attached hydrogen (secondary N) is 2. The van der Waals surface area contributed by atoms with Crippen molar-refractivity contribution in [2.24, 2.45) is 5.92 Å². The Hall–Kier alpha value is -1.96. The molecular formula is C12H19N5O3. The van der Waals surface area contributed by atoms with Crippen molar-refractivity contribution in [2.75, 3.05) is 30.3 Å². The minimum atomic E-state index is -0.480. The van der Waals surface area contributed by atoms with Gasteiger partial charge in [0.05, 0.1) is 11.0 Å². The zero-order chi connectivity index (χ0) is 14.5. The zero-order valence-electron chi connectivity index (χ0n) is 11.6. The molecular weight excluding hydrogens is 262 g/mol. The number of aromatic nitrogens is 2. The Morgan fingerprint density at radius 1 is 1.55 bits per heavy atom. The molecule has 110 valence electrons. The summed E-state index contributed by atoms with van der Waals surface area (Å²) in [6.07, 6.45) is 2.34. The summed E-state index contributed by atoms with van der Waals surface area (Å²) in [5.74, 6) is 0.975. The maximum absolute atomic E-state index is 11.0. The Morgan fingerprint density at radius 3 is 2.95 bits per heavy atom. The maximum Gasteiger partial charge on any atom is 0.329 e. The first-order chi connectivity index (χ1) is 9.61. The summed E-state index contributed by atoms with van der Waals surface area (Å²) in [5.41, 5.74) is -0.113. The molecule has 0 aromatic carbocycles. The van der Waals surface area contributed by atoms with E-state index in [-0.39, 0.29) is 17.6 Å². The first kappa shape index (κ1) is 14.4. The lowest BCUT2D eigenvalue weighted by molar-refractivity contribution is -0.384. The van der Waals surface area contributed by atoms with Crippen LogP contribution in [0.3, 0.4) is 0 Å². The first-order valence-electron chi connectivity index (χ1n) is 6.72. The SMILES string of the molecule is CCNc1ncc([N+](=O)[O-])c(NCC2CCOC2C)n1. The van der Waals surface area contributed by atoms with Crippen LogP contribution in [0.15, 0.2) is 6.20 Å². The van der Waals surface area contributed by atoms with Crippen molar-refractivity contribution >= 4 is 17.5 Å². The molecule has 0 saturated carbocycles. The highest BCUT2D eigenvalue weighted by Crippen LogP contribution is 2.25. The summed E-state index contributed by atoms with van der Waals surface area (Å²) < 4.78 is 5.47. The van der Waals surface area contributed by atoms with Crippen LogP contribution in [0.2, 0.25) is 0 Å². The van der Waals surface area contributed by atoms with Gasteiger partial charge in [0, 0.05) is 25.6 Å². The Morgan fingerprint density at radius 2 is 2.35 bits per heavy atom. The van der Waals surface area contributed by atoms with E-state index in [1.54, 1.807) is 0 Å². The van der Waals surface area contributed by atoms with Crippen molar-refractivity contribution in [2.45, 2.75) is 26.4 Å². The third-order valence-electron chi connectivity index (χ3n) is 3.37. The molecule has 1 aliphatic rings. The Kier molecular flexibility index (Phi) is 4.67. The lowest BCUT2D eigenvalue weighted by Gasteiger charge is -2.15. The van der Waals surface area contributed by atoms with E-state index >= 15 is 0 Å². The van der Waals surface area contributed by atoms with E-state index in [1.807, 2.05) is 13.8 Å². The fraction of sp³-hybridized carbons (Fsp3) is 0.667. The molecule has 0 radical (unpaired) electrons. The van der Waals surface area contributed by atoms with E-state index in [1.165, 1.54) is 6.20 Å². The van der Waals surface area contributed by atoms with Gasteiger partial charge >= 0.3 is 5.69 Å². The number of rotatable bonds is 6. The van der Waals surface area contributed by atoms with Crippen molar-refractivity contribution < 1.29 is 9.66 Å². The van der Waals surface area contributed by atoms with Crippen LogP contribution in [0.25, 0.3) is 0 Å². The molecule has 1 aliphatic heterocycles. The second kappa shape index (κ2) is 6.47.